The van der Waals surface area contributed by atoms with Gasteiger partial charge < -0.3 is 15.2 Å². The topological polar surface area (TPSA) is 61.8 Å². The number of aliphatic hydroxyl groups excluding tert-OH is 1. The first-order valence-electron chi connectivity index (χ1n) is 6.10. The summed E-state index contributed by atoms with van der Waals surface area (Å²) in [5.74, 6) is 0. The predicted molar refractivity (Wildman–Crippen MR) is 69.7 cm³/mol. The van der Waals surface area contributed by atoms with Gasteiger partial charge in [-0.05, 0) is 6.92 Å². The molecule has 0 aromatic carbocycles. The van der Waals surface area contributed by atoms with Crippen molar-refractivity contribution in [3.63, 3.8) is 0 Å². The molecular formula is C11H24N2O3S. The van der Waals surface area contributed by atoms with Crippen LogP contribution < -0.4 is 5.32 Å². The van der Waals surface area contributed by atoms with E-state index in [4.69, 9.17) is 4.74 Å². The Morgan fingerprint density at radius 3 is 2.65 bits per heavy atom. The molecule has 1 fully saturated rings. The van der Waals surface area contributed by atoms with Crippen molar-refractivity contribution in [2.24, 2.45) is 0 Å². The average molecular weight is 264 g/mol. The first kappa shape index (κ1) is 15.0. The molecule has 3 unspecified atom stereocenters. The lowest BCUT2D eigenvalue weighted by atomic mass is 10.3. The third-order valence-corrected chi connectivity index (χ3v) is 4.25. The zero-order chi connectivity index (χ0) is 12.7. The molecule has 17 heavy (non-hydrogen) atoms. The Hall–Kier alpha value is -0.0100. The number of β-amino-alcohol motifs (C(OH)–C–C–N with tert-alkyl or cyclic N) is 1. The van der Waals surface area contributed by atoms with Gasteiger partial charge in [-0.2, -0.15) is 0 Å². The molecule has 3 atom stereocenters. The van der Waals surface area contributed by atoms with Crippen LogP contribution in [0, 0.1) is 0 Å². The number of nitrogens with zero attached hydrogens (tertiary/aromatic N) is 1. The molecule has 0 bridgehead atoms. The predicted octanol–water partition coefficient (Wildman–Crippen LogP) is -0.964. The van der Waals surface area contributed by atoms with Crippen molar-refractivity contribution in [3.05, 3.63) is 0 Å². The first-order valence-corrected chi connectivity index (χ1v) is 7.73. The highest BCUT2D eigenvalue weighted by molar-refractivity contribution is 7.84. The van der Waals surface area contributed by atoms with Crippen molar-refractivity contribution in [1.29, 1.82) is 0 Å². The van der Waals surface area contributed by atoms with Gasteiger partial charge in [0.2, 0.25) is 0 Å². The molecule has 0 aliphatic carbocycles. The van der Waals surface area contributed by atoms with E-state index in [9.17, 15) is 9.32 Å². The third kappa shape index (κ3) is 6.47. The zero-order valence-corrected chi connectivity index (χ0v) is 11.5. The van der Waals surface area contributed by atoms with Crippen LogP contribution in [0.2, 0.25) is 0 Å². The molecule has 0 spiro atoms. The second kappa shape index (κ2) is 8.16. The lowest BCUT2D eigenvalue weighted by Crippen LogP contribution is -2.44. The highest BCUT2D eigenvalue weighted by atomic mass is 32.2. The number of ether oxygens (including phenoxy) is 1. The van der Waals surface area contributed by atoms with Crippen molar-refractivity contribution in [2.45, 2.75) is 18.3 Å². The minimum absolute atomic E-state index is 0.130. The molecule has 1 saturated heterocycles. The van der Waals surface area contributed by atoms with E-state index in [-0.39, 0.29) is 11.4 Å². The number of rotatable bonds is 7. The first-order chi connectivity index (χ1) is 8.09. The molecule has 1 rings (SSSR count). The van der Waals surface area contributed by atoms with Gasteiger partial charge in [-0.3, -0.25) is 9.11 Å². The molecule has 5 nitrogen and oxygen atoms in total. The van der Waals surface area contributed by atoms with E-state index in [1.807, 2.05) is 6.92 Å². The lowest BCUT2D eigenvalue weighted by molar-refractivity contribution is 0.0150. The van der Waals surface area contributed by atoms with Crippen molar-refractivity contribution in [1.82, 2.24) is 10.2 Å². The fourth-order valence-corrected chi connectivity index (χ4v) is 2.07. The third-order valence-electron chi connectivity index (χ3n) is 2.95. The number of morpholine rings is 1. The largest absolute Gasteiger partial charge is 0.390 e. The Kier molecular flexibility index (Phi) is 7.22. The summed E-state index contributed by atoms with van der Waals surface area (Å²) in [7, 11) is -0.802. The average Bonchev–Trinajstić information content (AvgIpc) is 2.30. The summed E-state index contributed by atoms with van der Waals surface area (Å²) in [6, 6.07) is 0. The molecule has 102 valence electrons. The Labute approximate surface area is 106 Å². The van der Waals surface area contributed by atoms with Crippen LogP contribution in [0.25, 0.3) is 0 Å². The van der Waals surface area contributed by atoms with Gasteiger partial charge in [-0.15, -0.1) is 0 Å². The highest BCUT2D eigenvalue weighted by Crippen LogP contribution is 1.98. The summed E-state index contributed by atoms with van der Waals surface area (Å²) < 4.78 is 16.4. The second-order valence-electron chi connectivity index (χ2n) is 4.53. The molecule has 0 radical (unpaired) electrons. The Morgan fingerprint density at radius 1 is 1.41 bits per heavy atom. The van der Waals surface area contributed by atoms with Crippen molar-refractivity contribution in [3.8, 4) is 0 Å². The van der Waals surface area contributed by atoms with Gasteiger partial charge in [0.05, 0.1) is 19.3 Å². The SMILES string of the molecule is CC(CNCC(O)CN1CCOCC1)S(C)=O. The summed E-state index contributed by atoms with van der Waals surface area (Å²) >= 11 is 0. The van der Waals surface area contributed by atoms with Crippen LogP contribution in [0.4, 0.5) is 0 Å². The Morgan fingerprint density at radius 2 is 2.06 bits per heavy atom. The van der Waals surface area contributed by atoms with Crippen molar-refractivity contribution >= 4 is 10.8 Å². The van der Waals surface area contributed by atoms with E-state index < -0.39 is 10.8 Å². The molecule has 1 aliphatic heterocycles. The molecule has 2 N–H and O–H groups in total. The summed E-state index contributed by atoms with van der Waals surface area (Å²) in [5, 5.41) is 13.1. The van der Waals surface area contributed by atoms with Gasteiger partial charge in [0, 0.05) is 55.0 Å². The Balaban J connectivity index is 2.08. The molecule has 0 saturated carbocycles. The van der Waals surface area contributed by atoms with Gasteiger partial charge in [-0.1, -0.05) is 0 Å². The summed E-state index contributed by atoms with van der Waals surface area (Å²) in [4.78, 5) is 2.21. The second-order valence-corrected chi connectivity index (χ2v) is 6.34. The molecule has 0 aromatic heterocycles. The zero-order valence-electron chi connectivity index (χ0n) is 10.7. The summed E-state index contributed by atoms with van der Waals surface area (Å²) in [5.41, 5.74) is 0. The smallest absolute Gasteiger partial charge is 0.0791 e. The molecule has 6 heteroatoms. The molecule has 0 aromatic rings. The molecular weight excluding hydrogens is 240 g/mol. The Bertz CT molecular complexity index is 235. The standard InChI is InChI=1S/C11H24N2O3S/c1-10(17(2)15)7-12-8-11(14)9-13-3-5-16-6-4-13/h10-12,14H,3-9H2,1-2H3. The normalized spacial score (nSPS) is 23.2. The van der Waals surface area contributed by atoms with Crippen LogP contribution in [-0.2, 0) is 15.5 Å². The number of hydrogen-bond donors (Lipinski definition) is 2. The summed E-state index contributed by atoms with van der Waals surface area (Å²) in [6.45, 7) is 7.16. The van der Waals surface area contributed by atoms with Crippen LogP contribution in [0.3, 0.4) is 0 Å². The van der Waals surface area contributed by atoms with E-state index in [1.165, 1.54) is 0 Å². The van der Waals surface area contributed by atoms with Crippen LogP contribution in [0.15, 0.2) is 0 Å². The maximum atomic E-state index is 11.1. The van der Waals surface area contributed by atoms with E-state index in [0.717, 1.165) is 26.3 Å². The van der Waals surface area contributed by atoms with E-state index >= 15 is 0 Å². The monoisotopic (exact) mass is 264 g/mol. The van der Waals surface area contributed by atoms with Gasteiger partial charge in [0.15, 0.2) is 0 Å². The van der Waals surface area contributed by atoms with Gasteiger partial charge in [-0.25, -0.2) is 0 Å². The van der Waals surface area contributed by atoms with Crippen molar-refractivity contribution in [2.75, 3.05) is 52.2 Å². The molecule has 1 aliphatic rings. The quantitative estimate of drug-likeness (QED) is 0.620. The fourth-order valence-electron chi connectivity index (χ4n) is 1.72. The van der Waals surface area contributed by atoms with Crippen LogP contribution >= 0.6 is 0 Å². The summed E-state index contributed by atoms with van der Waals surface area (Å²) in [6.07, 6.45) is 1.34. The van der Waals surface area contributed by atoms with E-state index in [1.54, 1.807) is 6.26 Å². The van der Waals surface area contributed by atoms with Crippen molar-refractivity contribution < 1.29 is 14.1 Å². The minimum Gasteiger partial charge on any atom is -0.390 e. The number of nitrogens with one attached hydrogen (secondary N) is 1. The number of hydrogen-bond acceptors (Lipinski definition) is 5. The highest BCUT2D eigenvalue weighted by Gasteiger charge is 2.15. The minimum atomic E-state index is -0.802. The van der Waals surface area contributed by atoms with Gasteiger partial charge in [0.25, 0.3) is 0 Å². The lowest BCUT2D eigenvalue weighted by Gasteiger charge is -2.28. The maximum absolute atomic E-state index is 11.1. The maximum Gasteiger partial charge on any atom is 0.0791 e. The van der Waals surface area contributed by atoms with Gasteiger partial charge >= 0.3 is 0 Å². The van der Waals surface area contributed by atoms with E-state index in [0.29, 0.717) is 19.6 Å². The molecule has 0 amide bonds. The number of aliphatic hydroxyl groups is 1. The fraction of sp³-hybridized carbons (Fsp3) is 1.00. The van der Waals surface area contributed by atoms with Crippen LogP contribution in [0.5, 0.6) is 0 Å². The van der Waals surface area contributed by atoms with Gasteiger partial charge in [0.1, 0.15) is 0 Å². The van der Waals surface area contributed by atoms with Crippen LogP contribution in [-0.4, -0.2) is 77.8 Å². The molecule has 1 heterocycles. The van der Waals surface area contributed by atoms with Crippen LogP contribution in [0.1, 0.15) is 6.92 Å². The van der Waals surface area contributed by atoms with E-state index in [2.05, 4.69) is 10.2 Å².